The number of hydrogen-bond acceptors (Lipinski definition) is 3. The van der Waals surface area contributed by atoms with Crippen LogP contribution in [-0.2, 0) is 0 Å². The summed E-state index contributed by atoms with van der Waals surface area (Å²) in [6.07, 6.45) is 1.83. The standard InChI is InChI=1S/C23H25ClN4OS/c1-5-27-22(21(26-23(27)30)18-8-6-7-11-25-18)17-12-14(2)28(15(17)3)19-13-16(24)9-10-20(19)29-4/h6-13,21-22H,5H2,1-4H3,(H,26,30)/t21-,22-/m0/s1. The molecule has 4 rings (SSSR count). The number of hydrogen-bond donors (Lipinski definition) is 1. The maximum Gasteiger partial charge on any atom is 0.170 e. The second-order valence-corrected chi connectivity index (χ2v) is 8.21. The number of ether oxygens (including phenoxy) is 1. The second kappa shape index (κ2) is 8.28. The summed E-state index contributed by atoms with van der Waals surface area (Å²) in [4.78, 5) is 6.83. The average molecular weight is 441 g/mol. The van der Waals surface area contributed by atoms with E-state index in [-0.39, 0.29) is 12.1 Å². The SMILES string of the molecule is CCN1C(=S)N[C@@H](c2ccccn2)[C@@H]1c1cc(C)n(-c2cc(Cl)ccc2OC)c1C. The van der Waals surface area contributed by atoms with Gasteiger partial charge in [0.1, 0.15) is 5.75 Å². The summed E-state index contributed by atoms with van der Waals surface area (Å²) in [6.45, 7) is 7.17. The number of benzene rings is 1. The number of rotatable bonds is 5. The van der Waals surface area contributed by atoms with Crippen LogP contribution in [0.4, 0.5) is 0 Å². The predicted octanol–water partition coefficient (Wildman–Crippen LogP) is 5.14. The molecule has 1 aliphatic heterocycles. The van der Waals surface area contributed by atoms with Crippen LogP contribution in [0.15, 0.2) is 48.7 Å². The second-order valence-electron chi connectivity index (χ2n) is 7.39. The van der Waals surface area contributed by atoms with Crippen LogP contribution in [-0.4, -0.2) is 33.2 Å². The van der Waals surface area contributed by atoms with Crippen LogP contribution in [0, 0.1) is 13.8 Å². The van der Waals surface area contributed by atoms with E-state index in [4.69, 9.17) is 28.6 Å². The van der Waals surface area contributed by atoms with Crippen molar-refractivity contribution in [3.8, 4) is 11.4 Å². The molecule has 3 aromatic rings. The molecule has 1 aromatic carbocycles. The summed E-state index contributed by atoms with van der Waals surface area (Å²) >= 11 is 12.0. The predicted molar refractivity (Wildman–Crippen MR) is 125 cm³/mol. The van der Waals surface area contributed by atoms with Crippen molar-refractivity contribution in [1.82, 2.24) is 19.8 Å². The van der Waals surface area contributed by atoms with Crippen LogP contribution >= 0.6 is 23.8 Å². The number of aromatic nitrogens is 2. The molecule has 0 bridgehead atoms. The van der Waals surface area contributed by atoms with Crippen LogP contribution < -0.4 is 10.1 Å². The van der Waals surface area contributed by atoms with Gasteiger partial charge in [0.25, 0.3) is 0 Å². The van der Waals surface area contributed by atoms with E-state index in [1.165, 1.54) is 5.56 Å². The Morgan fingerprint density at radius 2 is 2.00 bits per heavy atom. The van der Waals surface area contributed by atoms with E-state index in [1.54, 1.807) is 7.11 Å². The van der Waals surface area contributed by atoms with E-state index in [9.17, 15) is 0 Å². The van der Waals surface area contributed by atoms with E-state index in [0.717, 1.165) is 40.2 Å². The third-order valence-electron chi connectivity index (χ3n) is 5.71. The molecule has 2 aromatic heterocycles. The zero-order valence-corrected chi connectivity index (χ0v) is 19.1. The number of pyridine rings is 1. The highest BCUT2D eigenvalue weighted by molar-refractivity contribution is 7.80. The summed E-state index contributed by atoms with van der Waals surface area (Å²) < 4.78 is 7.82. The maximum absolute atomic E-state index is 6.32. The first-order chi connectivity index (χ1) is 14.5. The number of halogens is 1. The minimum absolute atomic E-state index is 0.0196. The summed E-state index contributed by atoms with van der Waals surface area (Å²) in [5.41, 5.74) is 5.35. The Hall–Kier alpha value is -2.57. The molecule has 5 nitrogen and oxygen atoms in total. The van der Waals surface area contributed by atoms with Crippen LogP contribution in [0.3, 0.4) is 0 Å². The quantitative estimate of drug-likeness (QED) is 0.556. The van der Waals surface area contributed by atoms with Crippen molar-refractivity contribution in [2.45, 2.75) is 32.9 Å². The molecule has 1 N–H and O–H groups in total. The monoisotopic (exact) mass is 440 g/mol. The number of nitrogens with one attached hydrogen (secondary N) is 1. The van der Waals surface area contributed by atoms with Crippen molar-refractivity contribution in [2.75, 3.05) is 13.7 Å². The van der Waals surface area contributed by atoms with Gasteiger partial charge in [0.2, 0.25) is 0 Å². The first kappa shape index (κ1) is 20.7. The van der Waals surface area contributed by atoms with E-state index in [2.05, 4.69) is 46.6 Å². The molecule has 30 heavy (non-hydrogen) atoms. The van der Waals surface area contributed by atoms with Crippen molar-refractivity contribution >= 4 is 28.9 Å². The third-order valence-corrected chi connectivity index (χ3v) is 6.30. The van der Waals surface area contributed by atoms with E-state index in [0.29, 0.717) is 5.02 Å². The van der Waals surface area contributed by atoms with Crippen molar-refractivity contribution in [3.05, 3.63) is 76.3 Å². The van der Waals surface area contributed by atoms with Crippen LogP contribution in [0.25, 0.3) is 5.69 Å². The number of thiocarbonyl (C=S) groups is 1. The molecule has 0 saturated carbocycles. The zero-order valence-electron chi connectivity index (χ0n) is 17.5. The Bertz CT molecular complexity index is 1080. The highest BCUT2D eigenvalue weighted by Gasteiger charge is 2.40. The van der Waals surface area contributed by atoms with E-state index < -0.39 is 0 Å². The van der Waals surface area contributed by atoms with Crippen molar-refractivity contribution < 1.29 is 4.74 Å². The highest BCUT2D eigenvalue weighted by Crippen LogP contribution is 2.42. The molecule has 156 valence electrons. The maximum atomic E-state index is 6.32. The molecule has 0 radical (unpaired) electrons. The number of methoxy groups -OCH3 is 1. The lowest BCUT2D eigenvalue weighted by Gasteiger charge is -2.27. The van der Waals surface area contributed by atoms with Crippen LogP contribution in [0.5, 0.6) is 5.75 Å². The largest absolute Gasteiger partial charge is 0.495 e. The van der Waals surface area contributed by atoms with Crippen LogP contribution in [0.2, 0.25) is 5.02 Å². The molecule has 1 fully saturated rings. The van der Waals surface area contributed by atoms with Gasteiger partial charge in [-0.25, -0.2) is 0 Å². The smallest absolute Gasteiger partial charge is 0.170 e. The fraction of sp³-hybridized carbons (Fsp3) is 0.304. The molecule has 0 aliphatic carbocycles. The lowest BCUT2D eigenvalue weighted by molar-refractivity contribution is 0.329. The molecule has 0 unspecified atom stereocenters. The van der Waals surface area contributed by atoms with Crippen molar-refractivity contribution in [2.24, 2.45) is 0 Å². The van der Waals surface area contributed by atoms with Gasteiger partial charge in [0, 0.05) is 29.2 Å². The van der Waals surface area contributed by atoms with Gasteiger partial charge >= 0.3 is 0 Å². The first-order valence-corrected chi connectivity index (χ1v) is 10.8. The lowest BCUT2D eigenvalue weighted by Crippen LogP contribution is -2.29. The fourth-order valence-corrected chi connectivity index (χ4v) is 4.92. The van der Waals surface area contributed by atoms with Crippen LogP contribution in [0.1, 0.15) is 41.7 Å². The van der Waals surface area contributed by atoms with Gasteiger partial charge in [0.05, 0.1) is 30.6 Å². The van der Waals surface area contributed by atoms with Gasteiger partial charge in [-0.15, -0.1) is 0 Å². The van der Waals surface area contributed by atoms with Gasteiger partial charge in [-0.1, -0.05) is 17.7 Å². The Balaban J connectivity index is 1.87. The molecule has 1 aliphatic rings. The fourth-order valence-electron chi connectivity index (χ4n) is 4.38. The Labute approximate surface area is 187 Å². The molecule has 0 spiro atoms. The zero-order chi connectivity index (χ0) is 21.4. The Kier molecular flexibility index (Phi) is 5.71. The van der Waals surface area contributed by atoms with Gasteiger partial charge in [-0.2, -0.15) is 0 Å². The summed E-state index contributed by atoms with van der Waals surface area (Å²) in [6, 6.07) is 13.9. The summed E-state index contributed by atoms with van der Waals surface area (Å²) in [5, 5.41) is 4.91. The normalized spacial score (nSPS) is 18.6. The summed E-state index contributed by atoms with van der Waals surface area (Å²) in [7, 11) is 1.68. The Morgan fingerprint density at radius 1 is 1.20 bits per heavy atom. The molecule has 1 saturated heterocycles. The van der Waals surface area contributed by atoms with Gasteiger partial charge in [0.15, 0.2) is 5.11 Å². The highest BCUT2D eigenvalue weighted by atomic mass is 35.5. The summed E-state index contributed by atoms with van der Waals surface area (Å²) in [5.74, 6) is 0.779. The molecule has 2 atom stereocenters. The molecule has 3 heterocycles. The van der Waals surface area contributed by atoms with Crippen molar-refractivity contribution in [1.29, 1.82) is 0 Å². The van der Waals surface area contributed by atoms with Gasteiger partial charge < -0.3 is 19.5 Å². The molecular weight excluding hydrogens is 416 g/mol. The molecule has 7 heteroatoms. The first-order valence-electron chi connectivity index (χ1n) is 9.97. The van der Waals surface area contributed by atoms with Gasteiger partial charge in [-0.05, 0) is 75.0 Å². The lowest BCUT2D eigenvalue weighted by atomic mass is 9.97. The molecule has 0 amide bonds. The third kappa shape index (κ3) is 3.44. The number of likely N-dealkylation sites (N-methyl/N-ethyl adjacent to an activating group) is 1. The number of aryl methyl sites for hydroxylation is 1. The minimum atomic E-state index is -0.0196. The Morgan fingerprint density at radius 3 is 2.67 bits per heavy atom. The van der Waals surface area contributed by atoms with Crippen molar-refractivity contribution in [3.63, 3.8) is 0 Å². The average Bonchev–Trinajstić information content (AvgIpc) is 3.23. The topological polar surface area (TPSA) is 42.3 Å². The van der Waals surface area contributed by atoms with Gasteiger partial charge in [-0.3, -0.25) is 4.98 Å². The van der Waals surface area contributed by atoms with E-state index >= 15 is 0 Å². The number of nitrogens with zero attached hydrogens (tertiary/aromatic N) is 3. The minimum Gasteiger partial charge on any atom is -0.495 e. The van der Waals surface area contributed by atoms with E-state index in [1.807, 2.05) is 42.6 Å². The molecular formula is C23H25ClN4OS.